The topological polar surface area (TPSA) is 47.6 Å². The van der Waals surface area contributed by atoms with Crippen LogP contribution in [0.1, 0.15) is 18.7 Å². The number of nitrogens with one attached hydrogen (secondary N) is 1. The predicted octanol–water partition coefficient (Wildman–Crippen LogP) is 2.91. The van der Waals surface area contributed by atoms with E-state index in [-0.39, 0.29) is 12.5 Å². The summed E-state index contributed by atoms with van der Waals surface area (Å²) in [5.41, 5.74) is 2.31. The van der Waals surface area contributed by atoms with Crippen LogP contribution in [-0.4, -0.2) is 19.1 Å². The van der Waals surface area contributed by atoms with Gasteiger partial charge < -0.3 is 4.74 Å². The lowest BCUT2D eigenvalue weighted by atomic mass is 10.2. The van der Waals surface area contributed by atoms with Crippen LogP contribution < -0.4 is 10.2 Å². The van der Waals surface area contributed by atoms with Crippen LogP contribution in [-0.2, 0) is 16.1 Å². The molecule has 0 bridgehead atoms. The highest BCUT2D eigenvalue weighted by Crippen LogP contribution is 2.32. The van der Waals surface area contributed by atoms with Gasteiger partial charge in [0.25, 0.3) is 5.91 Å². The van der Waals surface area contributed by atoms with Gasteiger partial charge >= 0.3 is 0 Å². The molecule has 0 aliphatic rings. The Morgan fingerprint density at radius 2 is 2.21 bits per heavy atom. The normalized spacial score (nSPS) is 10.6. The third-order valence-electron chi connectivity index (χ3n) is 2.61. The monoisotopic (exact) mass is 279 g/mol. The lowest BCUT2D eigenvalue weighted by Gasteiger charge is -2.07. The minimum absolute atomic E-state index is 0.0452. The second-order valence-electron chi connectivity index (χ2n) is 3.98. The van der Waals surface area contributed by atoms with Crippen molar-refractivity contribution in [3.63, 3.8) is 0 Å². The minimum Gasteiger partial charge on any atom is -0.483 e. The summed E-state index contributed by atoms with van der Waals surface area (Å²) in [7, 11) is 0. The van der Waals surface area contributed by atoms with Crippen molar-refractivity contribution in [3.8, 4) is 5.75 Å². The molecule has 4 nitrogen and oxygen atoms in total. The zero-order valence-corrected chi connectivity index (χ0v) is 11.9. The molecule has 1 aromatic heterocycles. The molecule has 0 fully saturated rings. The van der Waals surface area contributed by atoms with E-state index in [2.05, 4.69) is 24.5 Å². The number of thiophene rings is 1. The van der Waals surface area contributed by atoms with E-state index in [0.717, 1.165) is 17.6 Å². The fraction of sp³-hybridized carbons (Fsp3) is 0.357. The van der Waals surface area contributed by atoms with Crippen LogP contribution in [0.3, 0.4) is 0 Å². The molecule has 1 N–H and O–H groups in total. The van der Waals surface area contributed by atoms with Crippen LogP contribution in [0.4, 0.5) is 0 Å². The molecule has 102 valence electrons. The summed E-state index contributed by atoms with van der Waals surface area (Å²) < 4.78 is 6.73. The van der Waals surface area contributed by atoms with Crippen molar-refractivity contribution < 1.29 is 14.4 Å². The molecule has 2 rings (SSSR count). The lowest BCUT2D eigenvalue weighted by molar-refractivity contribution is -0.135. The number of rotatable bonds is 6. The first kappa shape index (κ1) is 13.8. The van der Waals surface area contributed by atoms with Gasteiger partial charge in [0.1, 0.15) is 5.75 Å². The van der Waals surface area contributed by atoms with E-state index >= 15 is 0 Å². The zero-order chi connectivity index (χ0) is 13.7. The molecular weight excluding hydrogens is 262 g/mol. The molecule has 0 saturated heterocycles. The van der Waals surface area contributed by atoms with Gasteiger partial charge in [-0.05, 0) is 31.5 Å². The molecule has 1 heterocycles. The van der Waals surface area contributed by atoms with Gasteiger partial charge in [-0.2, -0.15) is 0 Å². The molecule has 0 saturated carbocycles. The average molecular weight is 279 g/mol. The SMILES string of the molecule is CCONC(=O)COc1cccc2sc(CC)cc12. The first-order valence-electron chi connectivity index (χ1n) is 6.29. The Morgan fingerprint density at radius 3 is 2.95 bits per heavy atom. The summed E-state index contributed by atoms with van der Waals surface area (Å²) in [5.74, 6) is 0.449. The van der Waals surface area contributed by atoms with Gasteiger partial charge in [-0.25, -0.2) is 5.48 Å². The first-order valence-corrected chi connectivity index (χ1v) is 7.11. The lowest BCUT2D eigenvalue weighted by Crippen LogP contribution is -2.28. The minimum atomic E-state index is -0.287. The Kier molecular flexibility index (Phi) is 4.76. The van der Waals surface area contributed by atoms with Gasteiger partial charge in [0.2, 0.25) is 0 Å². The molecule has 0 spiro atoms. The van der Waals surface area contributed by atoms with Crippen molar-refractivity contribution in [2.24, 2.45) is 0 Å². The zero-order valence-electron chi connectivity index (χ0n) is 11.1. The highest BCUT2D eigenvalue weighted by atomic mass is 32.1. The van der Waals surface area contributed by atoms with Crippen molar-refractivity contribution in [2.45, 2.75) is 20.3 Å². The standard InChI is InChI=1S/C14H17NO3S/c1-3-10-8-11-12(6-5-7-13(11)19-10)17-9-14(16)15-18-4-2/h5-8H,3-4,9H2,1-2H3,(H,15,16). The number of fused-ring (bicyclic) bond motifs is 1. The van der Waals surface area contributed by atoms with Crippen molar-refractivity contribution in [2.75, 3.05) is 13.2 Å². The summed E-state index contributed by atoms with van der Waals surface area (Å²) in [6, 6.07) is 8.00. The number of hydrogen-bond donors (Lipinski definition) is 1. The molecule has 5 heteroatoms. The molecule has 0 unspecified atom stereocenters. The highest BCUT2D eigenvalue weighted by Gasteiger charge is 2.08. The van der Waals surface area contributed by atoms with Gasteiger partial charge in [-0.1, -0.05) is 13.0 Å². The molecular formula is C14H17NO3S. The van der Waals surface area contributed by atoms with Crippen LogP contribution in [0.5, 0.6) is 5.75 Å². The number of hydroxylamine groups is 1. The number of benzene rings is 1. The van der Waals surface area contributed by atoms with Crippen molar-refractivity contribution in [3.05, 3.63) is 29.1 Å². The number of ether oxygens (including phenoxy) is 1. The molecule has 19 heavy (non-hydrogen) atoms. The number of hydrogen-bond acceptors (Lipinski definition) is 4. The number of carbonyl (C=O) groups excluding carboxylic acids is 1. The Hall–Kier alpha value is -1.59. The Morgan fingerprint density at radius 1 is 1.37 bits per heavy atom. The van der Waals surface area contributed by atoms with E-state index in [4.69, 9.17) is 9.57 Å². The maximum Gasteiger partial charge on any atom is 0.281 e. The van der Waals surface area contributed by atoms with Crippen LogP contribution in [0, 0.1) is 0 Å². The fourth-order valence-electron chi connectivity index (χ4n) is 1.71. The van der Waals surface area contributed by atoms with E-state index in [9.17, 15) is 4.79 Å². The first-order chi connectivity index (χ1) is 9.24. The predicted molar refractivity (Wildman–Crippen MR) is 76.5 cm³/mol. The van der Waals surface area contributed by atoms with Gasteiger partial charge in [0.05, 0.1) is 6.61 Å². The molecule has 0 radical (unpaired) electrons. The Balaban J connectivity index is 2.07. The van der Waals surface area contributed by atoms with Gasteiger partial charge in [-0.3, -0.25) is 9.63 Å². The van der Waals surface area contributed by atoms with E-state index in [1.807, 2.05) is 12.1 Å². The summed E-state index contributed by atoms with van der Waals surface area (Å²) in [4.78, 5) is 17.5. The molecule has 0 aliphatic carbocycles. The number of aryl methyl sites for hydroxylation is 1. The maximum atomic E-state index is 11.4. The van der Waals surface area contributed by atoms with Crippen LogP contribution in [0.25, 0.3) is 10.1 Å². The van der Waals surface area contributed by atoms with Crippen LogP contribution >= 0.6 is 11.3 Å². The molecule has 0 aliphatic heterocycles. The third-order valence-corrected chi connectivity index (χ3v) is 3.85. The smallest absolute Gasteiger partial charge is 0.281 e. The average Bonchev–Trinajstić information content (AvgIpc) is 2.86. The largest absolute Gasteiger partial charge is 0.483 e. The summed E-state index contributed by atoms with van der Waals surface area (Å²) in [6.45, 7) is 4.32. The quantitative estimate of drug-likeness (QED) is 0.827. The molecule has 0 atom stereocenters. The van der Waals surface area contributed by atoms with E-state index in [0.29, 0.717) is 6.61 Å². The second-order valence-corrected chi connectivity index (χ2v) is 5.15. The fourth-order valence-corrected chi connectivity index (χ4v) is 2.73. The molecule has 1 aromatic carbocycles. The van der Waals surface area contributed by atoms with Crippen molar-refractivity contribution >= 4 is 27.3 Å². The van der Waals surface area contributed by atoms with Crippen molar-refractivity contribution in [1.29, 1.82) is 0 Å². The van der Waals surface area contributed by atoms with Gasteiger partial charge in [-0.15, -0.1) is 11.3 Å². The van der Waals surface area contributed by atoms with E-state index in [1.165, 1.54) is 9.58 Å². The number of amides is 1. The van der Waals surface area contributed by atoms with E-state index in [1.54, 1.807) is 18.3 Å². The Labute approximate surface area is 116 Å². The third kappa shape index (κ3) is 3.45. The number of carbonyl (C=O) groups is 1. The Bertz CT molecular complexity index is 565. The van der Waals surface area contributed by atoms with Crippen molar-refractivity contribution in [1.82, 2.24) is 5.48 Å². The molecule has 2 aromatic rings. The summed E-state index contributed by atoms with van der Waals surface area (Å²) >= 11 is 1.75. The highest BCUT2D eigenvalue weighted by molar-refractivity contribution is 7.19. The van der Waals surface area contributed by atoms with E-state index < -0.39 is 0 Å². The second kappa shape index (κ2) is 6.54. The molecule has 1 amide bonds. The van der Waals surface area contributed by atoms with Crippen LogP contribution in [0.2, 0.25) is 0 Å². The van der Waals surface area contributed by atoms with Crippen LogP contribution in [0.15, 0.2) is 24.3 Å². The summed E-state index contributed by atoms with van der Waals surface area (Å²) in [6.07, 6.45) is 1.00. The van der Waals surface area contributed by atoms with Gasteiger partial charge in [0, 0.05) is 15.0 Å². The maximum absolute atomic E-state index is 11.4. The summed E-state index contributed by atoms with van der Waals surface area (Å²) in [5, 5.41) is 1.06. The van der Waals surface area contributed by atoms with Gasteiger partial charge in [0.15, 0.2) is 6.61 Å².